The Bertz CT molecular complexity index is 1370. The van der Waals surface area contributed by atoms with Crippen molar-refractivity contribution in [1.29, 1.82) is 0 Å². The Hall–Kier alpha value is -2.68. The van der Waals surface area contributed by atoms with Crippen molar-refractivity contribution >= 4 is 45.1 Å². The summed E-state index contributed by atoms with van der Waals surface area (Å²) >= 11 is 3.78. The molecule has 0 saturated carbocycles. The zero-order chi connectivity index (χ0) is 18.5. The summed E-state index contributed by atoms with van der Waals surface area (Å²) in [7, 11) is 0. The molecule has 0 amide bonds. The second-order valence-electron chi connectivity index (χ2n) is 6.97. The average molecular weight is 393 g/mol. The molecule has 0 nitrogen and oxygen atoms in total. The van der Waals surface area contributed by atoms with E-state index in [2.05, 4.69) is 97.1 Å². The van der Waals surface area contributed by atoms with Gasteiger partial charge >= 0.3 is 0 Å². The molecule has 0 bridgehead atoms. The summed E-state index contributed by atoms with van der Waals surface area (Å²) in [6.45, 7) is 0. The summed E-state index contributed by atoms with van der Waals surface area (Å²) in [6.07, 6.45) is 0. The van der Waals surface area contributed by atoms with Crippen molar-refractivity contribution in [1.82, 2.24) is 0 Å². The summed E-state index contributed by atoms with van der Waals surface area (Å²) in [5.74, 6) is 0. The lowest BCUT2D eigenvalue weighted by molar-refractivity contribution is 1.16. The lowest BCUT2D eigenvalue weighted by Crippen LogP contribution is -1.93. The van der Waals surface area contributed by atoms with Crippen LogP contribution in [-0.4, -0.2) is 0 Å². The van der Waals surface area contributed by atoms with E-state index < -0.39 is 0 Å². The van der Waals surface area contributed by atoms with Gasteiger partial charge in [-0.25, -0.2) is 0 Å². The first-order chi connectivity index (χ1) is 13.9. The Morgan fingerprint density at radius 2 is 1.07 bits per heavy atom. The van der Waals surface area contributed by atoms with Crippen molar-refractivity contribution in [3.8, 4) is 11.1 Å². The van der Waals surface area contributed by atoms with Gasteiger partial charge in [0.15, 0.2) is 0 Å². The van der Waals surface area contributed by atoms with Gasteiger partial charge in [0, 0.05) is 19.6 Å². The van der Waals surface area contributed by atoms with E-state index in [9.17, 15) is 0 Å². The van der Waals surface area contributed by atoms with Gasteiger partial charge in [0.2, 0.25) is 0 Å². The summed E-state index contributed by atoms with van der Waals surface area (Å²) in [5, 5.41) is 5.25. The van der Waals surface area contributed by atoms with Crippen LogP contribution in [0, 0.1) is 0 Å². The smallest absolute Gasteiger partial charge is 0.0341 e. The number of benzene rings is 5. The standard InChI is InChI=1S/C26H16S2/c1-2-9-18-17(8-1)16-22(20-11-4-3-10-19(18)20)21-12-7-15-25-26(21)28-24-14-6-5-13-23(24)27-25/h1-16H. The second-order valence-corrected chi connectivity index (χ2v) is 9.11. The first-order valence-electron chi connectivity index (χ1n) is 9.37. The number of hydrogen-bond acceptors (Lipinski definition) is 2. The molecule has 1 heterocycles. The third-order valence-corrected chi connectivity index (χ3v) is 7.93. The van der Waals surface area contributed by atoms with Gasteiger partial charge in [-0.2, -0.15) is 0 Å². The van der Waals surface area contributed by atoms with Gasteiger partial charge in [-0.1, -0.05) is 96.3 Å². The molecule has 0 aliphatic carbocycles. The van der Waals surface area contributed by atoms with Crippen molar-refractivity contribution < 1.29 is 0 Å². The lowest BCUT2D eigenvalue weighted by Gasteiger charge is -2.22. The quantitative estimate of drug-likeness (QED) is 0.258. The van der Waals surface area contributed by atoms with E-state index in [1.807, 2.05) is 23.5 Å². The van der Waals surface area contributed by atoms with Crippen molar-refractivity contribution in [2.75, 3.05) is 0 Å². The van der Waals surface area contributed by atoms with Gasteiger partial charge in [-0.15, -0.1) is 0 Å². The summed E-state index contributed by atoms with van der Waals surface area (Å²) in [4.78, 5) is 5.41. The molecular formula is C26H16S2. The monoisotopic (exact) mass is 392 g/mol. The third-order valence-electron chi connectivity index (χ3n) is 5.32. The van der Waals surface area contributed by atoms with E-state index in [1.165, 1.54) is 52.3 Å². The van der Waals surface area contributed by atoms with E-state index in [1.54, 1.807) is 0 Å². The Labute approximate surface area is 172 Å². The molecule has 0 unspecified atom stereocenters. The molecule has 6 rings (SSSR count). The van der Waals surface area contributed by atoms with Gasteiger partial charge in [0.25, 0.3) is 0 Å². The zero-order valence-corrected chi connectivity index (χ0v) is 16.7. The van der Waals surface area contributed by atoms with Gasteiger partial charge in [0.1, 0.15) is 0 Å². The predicted molar refractivity (Wildman–Crippen MR) is 122 cm³/mol. The van der Waals surface area contributed by atoms with Crippen LogP contribution in [0.4, 0.5) is 0 Å². The van der Waals surface area contributed by atoms with E-state index in [4.69, 9.17) is 0 Å². The maximum absolute atomic E-state index is 2.36. The SMILES string of the molecule is c1ccc2c(c1)Sc1cccc(-c3cc4ccccc4c4ccccc34)c1S2. The minimum atomic E-state index is 1.29. The van der Waals surface area contributed by atoms with Crippen LogP contribution < -0.4 is 0 Å². The van der Waals surface area contributed by atoms with E-state index in [0.717, 1.165) is 0 Å². The molecule has 0 N–H and O–H groups in total. The normalized spacial score (nSPS) is 12.7. The van der Waals surface area contributed by atoms with Crippen molar-refractivity contribution in [2.45, 2.75) is 19.6 Å². The molecule has 0 aromatic heterocycles. The van der Waals surface area contributed by atoms with Crippen LogP contribution in [0.3, 0.4) is 0 Å². The molecule has 0 atom stereocenters. The molecular weight excluding hydrogens is 376 g/mol. The maximum Gasteiger partial charge on any atom is 0.0341 e. The summed E-state index contributed by atoms with van der Waals surface area (Å²) in [6, 6.07) is 35.3. The van der Waals surface area contributed by atoms with E-state index in [-0.39, 0.29) is 0 Å². The molecule has 0 fully saturated rings. The lowest BCUT2D eigenvalue weighted by atomic mass is 9.93. The van der Waals surface area contributed by atoms with Crippen LogP contribution in [0.5, 0.6) is 0 Å². The molecule has 132 valence electrons. The number of rotatable bonds is 1. The van der Waals surface area contributed by atoms with Gasteiger partial charge in [-0.3, -0.25) is 0 Å². The largest absolute Gasteiger partial charge is 0.0877 e. The molecule has 0 spiro atoms. The molecule has 2 heteroatoms. The predicted octanol–water partition coefficient (Wildman–Crippen LogP) is 8.28. The fraction of sp³-hybridized carbons (Fsp3) is 0. The van der Waals surface area contributed by atoms with E-state index >= 15 is 0 Å². The van der Waals surface area contributed by atoms with Crippen molar-refractivity contribution in [3.63, 3.8) is 0 Å². The Morgan fingerprint density at radius 3 is 1.93 bits per heavy atom. The van der Waals surface area contributed by atoms with Crippen LogP contribution >= 0.6 is 23.5 Å². The Morgan fingerprint density at radius 1 is 0.429 bits per heavy atom. The van der Waals surface area contributed by atoms with Crippen LogP contribution in [0.25, 0.3) is 32.7 Å². The first kappa shape index (κ1) is 16.3. The highest BCUT2D eigenvalue weighted by molar-refractivity contribution is 8.05. The molecule has 5 aromatic rings. The molecule has 1 aliphatic heterocycles. The van der Waals surface area contributed by atoms with E-state index in [0.29, 0.717) is 0 Å². The fourth-order valence-corrected chi connectivity index (χ4v) is 6.43. The van der Waals surface area contributed by atoms with Crippen molar-refractivity contribution in [3.05, 3.63) is 97.1 Å². The summed E-state index contributed by atoms with van der Waals surface area (Å²) in [5.41, 5.74) is 2.64. The van der Waals surface area contributed by atoms with Crippen LogP contribution in [0.2, 0.25) is 0 Å². The first-order valence-corrected chi connectivity index (χ1v) is 11.0. The molecule has 28 heavy (non-hydrogen) atoms. The molecule has 1 aliphatic rings. The Kier molecular flexibility index (Phi) is 3.75. The van der Waals surface area contributed by atoms with Crippen molar-refractivity contribution in [2.24, 2.45) is 0 Å². The van der Waals surface area contributed by atoms with Gasteiger partial charge < -0.3 is 0 Å². The van der Waals surface area contributed by atoms with Crippen LogP contribution in [-0.2, 0) is 0 Å². The van der Waals surface area contributed by atoms with Crippen LogP contribution in [0.1, 0.15) is 0 Å². The molecule has 0 radical (unpaired) electrons. The van der Waals surface area contributed by atoms with Crippen LogP contribution in [0.15, 0.2) is 117 Å². The van der Waals surface area contributed by atoms with Gasteiger partial charge in [0.05, 0.1) is 0 Å². The zero-order valence-electron chi connectivity index (χ0n) is 15.1. The highest BCUT2D eigenvalue weighted by atomic mass is 32.2. The Balaban J connectivity index is 1.65. The highest BCUT2D eigenvalue weighted by Crippen LogP contribution is 2.52. The van der Waals surface area contributed by atoms with Gasteiger partial charge in [-0.05, 0) is 56.9 Å². The highest BCUT2D eigenvalue weighted by Gasteiger charge is 2.21. The maximum atomic E-state index is 2.36. The minimum absolute atomic E-state index is 1.29. The number of fused-ring (bicyclic) bond motifs is 5. The minimum Gasteiger partial charge on any atom is -0.0877 e. The number of hydrogen-bond donors (Lipinski definition) is 0. The second kappa shape index (κ2) is 6.44. The topological polar surface area (TPSA) is 0 Å². The average Bonchev–Trinajstić information content (AvgIpc) is 2.77. The summed E-state index contributed by atoms with van der Waals surface area (Å²) < 4.78 is 0. The fourth-order valence-electron chi connectivity index (χ4n) is 4.04. The molecule has 0 saturated heterocycles. The third kappa shape index (κ3) is 2.49. The molecule has 5 aromatic carbocycles.